The summed E-state index contributed by atoms with van der Waals surface area (Å²) in [5.74, 6) is -0.915. The highest BCUT2D eigenvalue weighted by atomic mass is 35.5. The molecule has 1 fully saturated rings. The van der Waals surface area contributed by atoms with Crippen molar-refractivity contribution in [2.75, 3.05) is 0 Å². The van der Waals surface area contributed by atoms with Crippen molar-refractivity contribution in [3.63, 3.8) is 0 Å². The Labute approximate surface area is 127 Å². The van der Waals surface area contributed by atoms with Gasteiger partial charge in [-0.3, -0.25) is 9.59 Å². The minimum atomic E-state index is -0.680. The smallest absolute Gasteiger partial charge is 0.314 e. The molecule has 108 valence electrons. The summed E-state index contributed by atoms with van der Waals surface area (Å²) < 4.78 is 4.90. The Morgan fingerprint density at radius 3 is 2.80 bits per heavy atom. The Kier molecular flexibility index (Phi) is 4.89. The van der Waals surface area contributed by atoms with Crippen LogP contribution in [0.4, 0.5) is 0 Å². The normalized spacial score (nSPS) is 21.1. The van der Waals surface area contributed by atoms with E-state index >= 15 is 0 Å². The molecule has 1 saturated heterocycles. The summed E-state index contributed by atoms with van der Waals surface area (Å²) in [5.41, 5.74) is 0.727. The van der Waals surface area contributed by atoms with Gasteiger partial charge in [-0.25, -0.2) is 0 Å². The van der Waals surface area contributed by atoms with Crippen molar-refractivity contribution in [1.29, 1.82) is 0 Å². The summed E-state index contributed by atoms with van der Waals surface area (Å²) in [6, 6.07) is 5.05. The number of amides is 1. The second-order valence-electron chi connectivity index (χ2n) is 4.71. The van der Waals surface area contributed by atoms with E-state index in [-0.39, 0.29) is 24.3 Å². The van der Waals surface area contributed by atoms with Gasteiger partial charge in [0.2, 0.25) is 0 Å². The van der Waals surface area contributed by atoms with Crippen LogP contribution in [-0.4, -0.2) is 18.0 Å². The van der Waals surface area contributed by atoms with Gasteiger partial charge in [0.1, 0.15) is 5.92 Å². The van der Waals surface area contributed by atoms with Crippen molar-refractivity contribution in [3.05, 3.63) is 33.8 Å². The summed E-state index contributed by atoms with van der Waals surface area (Å²) in [6.07, 6.45) is 0.818. The number of hydrogen-bond acceptors (Lipinski definition) is 3. The molecule has 0 aromatic heterocycles. The van der Waals surface area contributed by atoms with E-state index in [2.05, 4.69) is 5.32 Å². The number of esters is 1. The summed E-state index contributed by atoms with van der Waals surface area (Å²) in [6.45, 7) is 2.22. The van der Waals surface area contributed by atoms with Gasteiger partial charge in [-0.2, -0.15) is 0 Å². The van der Waals surface area contributed by atoms with Gasteiger partial charge in [-0.15, -0.1) is 0 Å². The van der Waals surface area contributed by atoms with Gasteiger partial charge in [0.05, 0.1) is 0 Å². The minimum absolute atomic E-state index is 0.255. The molecule has 1 N–H and O–H groups in total. The number of ether oxygens (including phenoxy) is 1. The molecule has 1 aromatic rings. The van der Waals surface area contributed by atoms with E-state index in [9.17, 15) is 9.59 Å². The molecule has 4 nitrogen and oxygen atoms in total. The quantitative estimate of drug-likeness (QED) is 0.850. The molecular weight excluding hydrogens is 301 g/mol. The average Bonchev–Trinajstić information content (AvgIpc) is 2.42. The van der Waals surface area contributed by atoms with E-state index in [0.29, 0.717) is 16.5 Å². The van der Waals surface area contributed by atoms with Crippen LogP contribution in [-0.2, 0) is 20.9 Å². The molecule has 1 unspecified atom stereocenters. The van der Waals surface area contributed by atoms with E-state index in [1.54, 1.807) is 18.2 Å². The molecule has 2 atom stereocenters. The van der Waals surface area contributed by atoms with Gasteiger partial charge < -0.3 is 10.1 Å². The Morgan fingerprint density at radius 1 is 1.40 bits per heavy atom. The highest BCUT2D eigenvalue weighted by molar-refractivity contribution is 6.33. The van der Waals surface area contributed by atoms with Crippen molar-refractivity contribution in [1.82, 2.24) is 5.32 Å². The Bertz CT molecular complexity index is 533. The first kappa shape index (κ1) is 15.1. The third-order valence-electron chi connectivity index (χ3n) is 3.23. The molecule has 20 heavy (non-hydrogen) atoms. The molecule has 0 saturated carbocycles. The first-order valence-corrected chi connectivity index (χ1v) is 7.20. The van der Waals surface area contributed by atoms with Crippen LogP contribution in [0.2, 0.25) is 10.0 Å². The summed E-state index contributed by atoms with van der Waals surface area (Å²) in [7, 11) is 0. The summed E-state index contributed by atoms with van der Waals surface area (Å²) >= 11 is 11.9. The second-order valence-corrected chi connectivity index (χ2v) is 5.55. The number of cyclic esters (lactones) is 1. The molecule has 1 amide bonds. The molecule has 0 radical (unpaired) electrons. The van der Waals surface area contributed by atoms with Crippen molar-refractivity contribution < 1.29 is 14.3 Å². The van der Waals surface area contributed by atoms with Gasteiger partial charge in [-0.05, 0) is 30.2 Å². The Hall–Kier alpha value is -1.26. The predicted octanol–water partition coefficient (Wildman–Crippen LogP) is 2.95. The van der Waals surface area contributed by atoms with Crippen molar-refractivity contribution >= 4 is 35.1 Å². The molecule has 0 spiro atoms. The van der Waals surface area contributed by atoms with E-state index in [1.807, 2.05) is 6.92 Å². The van der Waals surface area contributed by atoms with Crippen LogP contribution >= 0.6 is 23.2 Å². The van der Waals surface area contributed by atoms with Crippen LogP contribution in [0.3, 0.4) is 0 Å². The van der Waals surface area contributed by atoms with E-state index < -0.39 is 6.10 Å². The predicted molar refractivity (Wildman–Crippen MR) is 76.6 cm³/mol. The minimum Gasteiger partial charge on any atom is -0.451 e. The standard InChI is InChI=1S/C14H15Cl2NO3/c1-2-3-10-12(20-14(10)19)13(18)17-7-8-6-9(15)4-5-11(8)16/h4-6,10,12H,2-3,7H2,1H3,(H,17,18)/t10?,12-/m1/s1. The molecule has 0 bridgehead atoms. The fourth-order valence-electron chi connectivity index (χ4n) is 2.12. The SMILES string of the molecule is CCCC1C(=O)O[C@H]1C(=O)NCc1cc(Cl)ccc1Cl. The maximum Gasteiger partial charge on any atom is 0.314 e. The van der Waals surface area contributed by atoms with Crippen LogP contribution < -0.4 is 5.32 Å². The monoisotopic (exact) mass is 315 g/mol. The molecule has 1 heterocycles. The fraction of sp³-hybridized carbons (Fsp3) is 0.429. The maximum absolute atomic E-state index is 12.0. The lowest BCUT2D eigenvalue weighted by Crippen LogP contribution is -2.53. The number of benzene rings is 1. The number of halogens is 2. The lowest BCUT2D eigenvalue weighted by Gasteiger charge is -2.33. The van der Waals surface area contributed by atoms with E-state index in [1.165, 1.54) is 0 Å². The fourth-order valence-corrected chi connectivity index (χ4v) is 2.50. The van der Waals surface area contributed by atoms with Crippen LogP contribution in [0, 0.1) is 5.92 Å². The number of nitrogens with one attached hydrogen (secondary N) is 1. The number of carbonyl (C=O) groups is 2. The summed E-state index contributed by atoms with van der Waals surface area (Å²) in [4.78, 5) is 23.2. The molecule has 6 heteroatoms. The molecule has 1 aromatic carbocycles. The highest BCUT2D eigenvalue weighted by Gasteiger charge is 2.46. The second kappa shape index (κ2) is 6.46. The zero-order valence-corrected chi connectivity index (χ0v) is 12.5. The lowest BCUT2D eigenvalue weighted by molar-refractivity contribution is -0.189. The molecule has 0 aliphatic carbocycles. The van der Waals surface area contributed by atoms with Gasteiger partial charge in [0.25, 0.3) is 5.91 Å². The lowest BCUT2D eigenvalue weighted by atomic mass is 9.91. The Balaban J connectivity index is 1.92. The van der Waals surface area contributed by atoms with Gasteiger partial charge >= 0.3 is 5.97 Å². The van der Waals surface area contributed by atoms with Crippen LogP contribution in [0.5, 0.6) is 0 Å². The number of rotatable bonds is 5. The molecular formula is C14H15Cl2NO3. The van der Waals surface area contributed by atoms with Crippen molar-refractivity contribution in [2.45, 2.75) is 32.4 Å². The van der Waals surface area contributed by atoms with Gasteiger partial charge in [0.15, 0.2) is 6.10 Å². The van der Waals surface area contributed by atoms with E-state index in [4.69, 9.17) is 27.9 Å². The topological polar surface area (TPSA) is 55.4 Å². The van der Waals surface area contributed by atoms with Gasteiger partial charge in [0, 0.05) is 16.6 Å². The van der Waals surface area contributed by atoms with Crippen molar-refractivity contribution in [2.24, 2.45) is 5.92 Å². The van der Waals surface area contributed by atoms with Crippen LogP contribution in [0.15, 0.2) is 18.2 Å². The first-order valence-electron chi connectivity index (χ1n) is 6.45. The van der Waals surface area contributed by atoms with Crippen LogP contribution in [0.25, 0.3) is 0 Å². The molecule has 1 aliphatic rings. The van der Waals surface area contributed by atoms with Crippen LogP contribution in [0.1, 0.15) is 25.3 Å². The first-order chi connectivity index (χ1) is 9.52. The molecule has 1 aliphatic heterocycles. The summed E-state index contributed by atoms with van der Waals surface area (Å²) in [5, 5.41) is 3.80. The number of hydrogen-bond donors (Lipinski definition) is 1. The maximum atomic E-state index is 12.0. The zero-order valence-electron chi connectivity index (χ0n) is 11.0. The third kappa shape index (κ3) is 3.25. The highest BCUT2D eigenvalue weighted by Crippen LogP contribution is 2.27. The van der Waals surface area contributed by atoms with E-state index in [0.717, 1.165) is 12.0 Å². The van der Waals surface area contributed by atoms with Gasteiger partial charge in [-0.1, -0.05) is 36.5 Å². The average molecular weight is 316 g/mol. The largest absolute Gasteiger partial charge is 0.451 e. The molecule has 2 rings (SSSR count). The third-order valence-corrected chi connectivity index (χ3v) is 3.83. The van der Waals surface area contributed by atoms with Crippen molar-refractivity contribution in [3.8, 4) is 0 Å². The zero-order chi connectivity index (χ0) is 14.7. The Morgan fingerprint density at radius 2 is 2.15 bits per heavy atom. The number of carbonyl (C=O) groups excluding carboxylic acids is 2.